The van der Waals surface area contributed by atoms with Crippen LogP contribution in [0.5, 0.6) is 0 Å². The lowest BCUT2D eigenvalue weighted by molar-refractivity contribution is -0.115. The number of halogens is 1. The van der Waals surface area contributed by atoms with Crippen molar-refractivity contribution in [1.82, 2.24) is 9.97 Å². The molecule has 0 saturated heterocycles. The number of rotatable bonds is 4. The number of nitrogens with one attached hydrogen (secondary N) is 1. The van der Waals surface area contributed by atoms with Crippen LogP contribution in [0.15, 0.2) is 33.9 Å². The average Bonchev–Trinajstić information content (AvgIpc) is 2.40. The fraction of sp³-hybridized carbons (Fsp3) is 0.214. The first-order valence-electron chi connectivity index (χ1n) is 6.49. The van der Waals surface area contributed by atoms with Crippen molar-refractivity contribution in [3.63, 3.8) is 0 Å². The monoisotopic (exact) mass is 381 g/mol. The standard InChI is InChI=1S/C14H16BrN5OS/c1-7-3-4-10(9(15)5-7)18-13(21)8(2)22-14-19-11(16)6-12(17)20-14/h3-6,8H,1-2H3,(H,18,21)(H4,16,17,19,20)/t8-/m1/s1. The van der Waals surface area contributed by atoms with Gasteiger partial charge in [0.1, 0.15) is 11.6 Å². The molecule has 1 heterocycles. The second-order valence-corrected chi connectivity index (χ2v) is 6.90. The van der Waals surface area contributed by atoms with Gasteiger partial charge in [-0.1, -0.05) is 17.8 Å². The Bertz CT molecular complexity index is 689. The zero-order chi connectivity index (χ0) is 16.3. The van der Waals surface area contributed by atoms with Gasteiger partial charge in [0.25, 0.3) is 0 Å². The summed E-state index contributed by atoms with van der Waals surface area (Å²) in [6.07, 6.45) is 0. The van der Waals surface area contributed by atoms with E-state index in [2.05, 4.69) is 31.2 Å². The van der Waals surface area contributed by atoms with Crippen molar-refractivity contribution in [2.75, 3.05) is 16.8 Å². The smallest absolute Gasteiger partial charge is 0.237 e. The SMILES string of the molecule is Cc1ccc(NC(=O)[C@@H](C)Sc2nc(N)cc(N)n2)c(Br)c1. The van der Waals surface area contributed by atoms with Crippen LogP contribution in [0, 0.1) is 6.92 Å². The second kappa shape index (κ2) is 6.97. The fourth-order valence-corrected chi connectivity index (χ4v) is 3.07. The first-order valence-corrected chi connectivity index (χ1v) is 8.16. The highest BCUT2D eigenvalue weighted by molar-refractivity contribution is 9.10. The fourth-order valence-electron chi connectivity index (χ4n) is 1.68. The zero-order valence-electron chi connectivity index (χ0n) is 12.1. The summed E-state index contributed by atoms with van der Waals surface area (Å²) < 4.78 is 0.836. The van der Waals surface area contributed by atoms with Crippen LogP contribution in [0.25, 0.3) is 0 Å². The van der Waals surface area contributed by atoms with Gasteiger partial charge in [0.05, 0.1) is 10.9 Å². The topological polar surface area (TPSA) is 107 Å². The summed E-state index contributed by atoms with van der Waals surface area (Å²) in [5.41, 5.74) is 13.1. The summed E-state index contributed by atoms with van der Waals surface area (Å²) in [5, 5.41) is 2.85. The van der Waals surface area contributed by atoms with Gasteiger partial charge in [0.2, 0.25) is 5.91 Å². The molecule has 0 spiro atoms. The van der Waals surface area contributed by atoms with Crippen LogP contribution in [0.3, 0.4) is 0 Å². The predicted octanol–water partition coefficient (Wildman–Crippen LogP) is 2.83. The third-order valence-electron chi connectivity index (χ3n) is 2.78. The summed E-state index contributed by atoms with van der Waals surface area (Å²) in [6.45, 7) is 3.75. The predicted molar refractivity (Wildman–Crippen MR) is 93.7 cm³/mol. The molecule has 6 nitrogen and oxygen atoms in total. The molecule has 0 aliphatic heterocycles. The highest BCUT2D eigenvalue weighted by atomic mass is 79.9. The summed E-state index contributed by atoms with van der Waals surface area (Å²) >= 11 is 4.63. The number of hydrogen-bond donors (Lipinski definition) is 3. The van der Waals surface area contributed by atoms with E-state index in [4.69, 9.17) is 11.5 Å². The van der Waals surface area contributed by atoms with Crippen LogP contribution in [0.1, 0.15) is 12.5 Å². The van der Waals surface area contributed by atoms with Crippen LogP contribution in [-0.2, 0) is 4.79 Å². The summed E-state index contributed by atoms with van der Waals surface area (Å²) in [7, 11) is 0. The molecule has 1 atom stereocenters. The van der Waals surface area contributed by atoms with Crippen LogP contribution in [0.4, 0.5) is 17.3 Å². The molecular formula is C14H16BrN5OS. The van der Waals surface area contributed by atoms with E-state index in [0.29, 0.717) is 5.16 Å². The molecular weight excluding hydrogens is 366 g/mol. The number of aryl methyl sites for hydroxylation is 1. The summed E-state index contributed by atoms with van der Waals surface area (Å²) in [6, 6.07) is 7.19. The molecule has 0 aliphatic rings. The number of nitrogens with two attached hydrogens (primary N) is 2. The van der Waals surface area contributed by atoms with Crippen molar-refractivity contribution in [1.29, 1.82) is 0 Å². The molecule has 116 valence electrons. The number of anilines is 3. The van der Waals surface area contributed by atoms with Gasteiger partial charge < -0.3 is 16.8 Å². The Morgan fingerprint density at radius 2 is 1.91 bits per heavy atom. The Morgan fingerprint density at radius 1 is 1.27 bits per heavy atom. The lowest BCUT2D eigenvalue weighted by atomic mass is 10.2. The number of nitrogens with zero attached hydrogens (tertiary/aromatic N) is 2. The van der Waals surface area contributed by atoms with Crippen LogP contribution in [0.2, 0.25) is 0 Å². The molecule has 22 heavy (non-hydrogen) atoms. The molecule has 0 unspecified atom stereocenters. The lowest BCUT2D eigenvalue weighted by Gasteiger charge is -2.13. The molecule has 0 aliphatic carbocycles. The molecule has 0 bridgehead atoms. The zero-order valence-corrected chi connectivity index (χ0v) is 14.5. The number of amides is 1. The number of carbonyl (C=O) groups is 1. The largest absolute Gasteiger partial charge is 0.383 e. The number of nitrogen functional groups attached to an aromatic ring is 2. The number of hydrogen-bond acceptors (Lipinski definition) is 6. The molecule has 2 rings (SSSR count). The van der Waals surface area contributed by atoms with Gasteiger partial charge in [-0.05, 0) is 47.5 Å². The lowest BCUT2D eigenvalue weighted by Crippen LogP contribution is -2.23. The van der Waals surface area contributed by atoms with Gasteiger partial charge in [-0.25, -0.2) is 9.97 Å². The molecule has 2 aromatic rings. The molecule has 0 saturated carbocycles. The Morgan fingerprint density at radius 3 is 2.50 bits per heavy atom. The molecule has 1 amide bonds. The van der Waals surface area contributed by atoms with Crippen molar-refractivity contribution < 1.29 is 4.79 Å². The van der Waals surface area contributed by atoms with E-state index in [-0.39, 0.29) is 17.5 Å². The summed E-state index contributed by atoms with van der Waals surface area (Å²) in [5.74, 6) is 0.409. The maximum Gasteiger partial charge on any atom is 0.237 e. The van der Waals surface area contributed by atoms with Crippen molar-refractivity contribution in [3.05, 3.63) is 34.3 Å². The van der Waals surface area contributed by atoms with Gasteiger partial charge in [0, 0.05) is 10.5 Å². The van der Waals surface area contributed by atoms with Crippen LogP contribution >= 0.6 is 27.7 Å². The van der Waals surface area contributed by atoms with Crippen LogP contribution < -0.4 is 16.8 Å². The maximum absolute atomic E-state index is 12.3. The molecule has 1 aromatic carbocycles. The molecule has 1 aromatic heterocycles. The van der Waals surface area contributed by atoms with Gasteiger partial charge >= 0.3 is 0 Å². The van der Waals surface area contributed by atoms with Gasteiger partial charge in [-0.15, -0.1) is 0 Å². The van der Waals surface area contributed by atoms with E-state index in [0.717, 1.165) is 15.7 Å². The molecule has 5 N–H and O–H groups in total. The van der Waals surface area contributed by atoms with E-state index in [1.165, 1.54) is 17.8 Å². The van der Waals surface area contributed by atoms with Crippen molar-refractivity contribution >= 4 is 50.9 Å². The number of carbonyl (C=O) groups excluding carboxylic acids is 1. The van der Waals surface area contributed by atoms with Crippen molar-refractivity contribution in [3.8, 4) is 0 Å². The minimum atomic E-state index is -0.394. The highest BCUT2D eigenvalue weighted by Crippen LogP contribution is 2.26. The van der Waals surface area contributed by atoms with Crippen molar-refractivity contribution in [2.24, 2.45) is 0 Å². The van der Waals surface area contributed by atoms with Crippen molar-refractivity contribution in [2.45, 2.75) is 24.3 Å². The Hall–Kier alpha value is -1.80. The van der Waals surface area contributed by atoms with E-state index < -0.39 is 5.25 Å². The highest BCUT2D eigenvalue weighted by Gasteiger charge is 2.17. The van der Waals surface area contributed by atoms with E-state index in [1.807, 2.05) is 25.1 Å². The Balaban J connectivity index is 2.05. The minimum absolute atomic E-state index is 0.154. The number of benzene rings is 1. The Labute approximate surface area is 141 Å². The molecule has 0 fully saturated rings. The third-order valence-corrected chi connectivity index (χ3v) is 4.40. The average molecular weight is 382 g/mol. The van der Waals surface area contributed by atoms with E-state index >= 15 is 0 Å². The van der Waals surface area contributed by atoms with E-state index in [1.54, 1.807) is 6.92 Å². The first kappa shape index (κ1) is 16.6. The minimum Gasteiger partial charge on any atom is -0.383 e. The second-order valence-electron chi connectivity index (χ2n) is 4.73. The molecule has 8 heteroatoms. The normalized spacial score (nSPS) is 12.0. The number of thioether (sulfide) groups is 1. The van der Waals surface area contributed by atoms with Gasteiger partial charge in [0.15, 0.2) is 5.16 Å². The van der Waals surface area contributed by atoms with E-state index in [9.17, 15) is 4.79 Å². The van der Waals surface area contributed by atoms with Gasteiger partial charge in [-0.3, -0.25) is 4.79 Å². The van der Waals surface area contributed by atoms with Crippen LogP contribution in [-0.4, -0.2) is 21.1 Å². The number of aromatic nitrogens is 2. The van der Waals surface area contributed by atoms with Gasteiger partial charge in [-0.2, -0.15) is 0 Å². The maximum atomic E-state index is 12.3. The first-order chi connectivity index (χ1) is 10.3. The Kier molecular flexibility index (Phi) is 5.25. The quantitative estimate of drug-likeness (QED) is 0.555. The third kappa shape index (κ3) is 4.35. The molecule has 0 radical (unpaired) electrons. The summed E-state index contributed by atoms with van der Waals surface area (Å²) in [4.78, 5) is 20.4.